The Morgan fingerprint density at radius 2 is 1.89 bits per heavy atom. The van der Waals surface area contributed by atoms with Crippen molar-refractivity contribution in [3.63, 3.8) is 0 Å². The van der Waals surface area contributed by atoms with E-state index < -0.39 is 0 Å². The summed E-state index contributed by atoms with van der Waals surface area (Å²) in [6, 6.07) is 13.6. The lowest BCUT2D eigenvalue weighted by Gasteiger charge is -2.16. The molecule has 0 aromatic heterocycles. The molecule has 1 aliphatic carbocycles. The molecule has 1 N–H and O–H groups in total. The summed E-state index contributed by atoms with van der Waals surface area (Å²) in [5.74, 6) is -0.147. The molecule has 19 heavy (non-hydrogen) atoms. The first-order valence-electron chi connectivity index (χ1n) is 6.71. The van der Waals surface area contributed by atoms with E-state index in [2.05, 4.69) is 17.4 Å². The Bertz CT molecular complexity index is 614. The van der Waals surface area contributed by atoms with Crippen LogP contribution in [0.25, 0.3) is 11.1 Å². The van der Waals surface area contributed by atoms with Gasteiger partial charge < -0.3 is 5.32 Å². The van der Waals surface area contributed by atoms with Crippen LogP contribution >= 0.6 is 0 Å². The number of halogens is 1. The number of hydrogen-bond donors (Lipinski definition) is 1. The Hall–Kier alpha value is -1.67. The molecule has 0 unspecified atom stereocenters. The van der Waals surface area contributed by atoms with E-state index >= 15 is 0 Å². The summed E-state index contributed by atoms with van der Waals surface area (Å²) in [6.07, 6.45) is 2.31. The summed E-state index contributed by atoms with van der Waals surface area (Å²) >= 11 is 0. The number of benzene rings is 2. The molecule has 0 bridgehead atoms. The van der Waals surface area contributed by atoms with Gasteiger partial charge in [-0.3, -0.25) is 0 Å². The van der Waals surface area contributed by atoms with Crippen LogP contribution in [-0.4, -0.2) is 7.05 Å². The molecular formula is C17H18FN. The molecule has 0 aliphatic heterocycles. The van der Waals surface area contributed by atoms with Crippen LogP contribution in [-0.2, 0) is 5.54 Å². The van der Waals surface area contributed by atoms with Gasteiger partial charge in [-0.2, -0.15) is 0 Å². The molecule has 0 spiro atoms. The Balaban J connectivity index is 2.04. The molecule has 0 saturated heterocycles. The molecular weight excluding hydrogens is 237 g/mol. The molecule has 2 aromatic carbocycles. The van der Waals surface area contributed by atoms with E-state index in [1.807, 2.05) is 38.2 Å². The van der Waals surface area contributed by atoms with Crippen LogP contribution in [0.2, 0.25) is 0 Å². The Kier molecular flexibility index (Phi) is 2.90. The molecule has 2 heteroatoms. The smallest absolute Gasteiger partial charge is 0.131 e. The fraction of sp³-hybridized carbons (Fsp3) is 0.294. The van der Waals surface area contributed by atoms with Crippen LogP contribution in [0, 0.1) is 12.7 Å². The van der Waals surface area contributed by atoms with E-state index in [1.54, 1.807) is 6.07 Å². The van der Waals surface area contributed by atoms with Gasteiger partial charge in [0.2, 0.25) is 0 Å². The minimum Gasteiger partial charge on any atom is -0.310 e. The highest BCUT2D eigenvalue weighted by atomic mass is 19.1. The van der Waals surface area contributed by atoms with Crippen molar-refractivity contribution >= 4 is 0 Å². The van der Waals surface area contributed by atoms with Crippen LogP contribution in [0.4, 0.5) is 4.39 Å². The van der Waals surface area contributed by atoms with E-state index in [4.69, 9.17) is 0 Å². The van der Waals surface area contributed by atoms with Crippen molar-refractivity contribution in [2.24, 2.45) is 0 Å². The maximum Gasteiger partial charge on any atom is 0.131 e. The molecule has 0 radical (unpaired) electrons. The summed E-state index contributed by atoms with van der Waals surface area (Å²) in [4.78, 5) is 0. The van der Waals surface area contributed by atoms with Crippen LogP contribution in [0.1, 0.15) is 24.0 Å². The molecule has 1 aliphatic rings. The van der Waals surface area contributed by atoms with Gasteiger partial charge in [0.05, 0.1) is 0 Å². The highest BCUT2D eigenvalue weighted by Gasteiger charge is 2.42. The monoisotopic (exact) mass is 255 g/mol. The van der Waals surface area contributed by atoms with E-state index in [0.717, 1.165) is 24.0 Å². The van der Waals surface area contributed by atoms with Crippen LogP contribution in [0.5, 0.6) is 0 Å². The first-order valence-corrected chi connectivity index (χ1v) is 6.71. The summed E-state index contributed by atoms with van der Waals surface area (Å²) in [5.41, 5.74) is 3.96. The van der Waals surface area contributed by atoms with Crippen molar-refractivity contribution in [1.82, 2.24) is 5.32 Å². The fourth-order valence-corrected chi connectivity index (χ4v) is 2.65. The molecule has 0 amide bonds. The van der Waals surface area contributed by atoms with Gasteiger partial charge in [-0.25, -0.2) is 4.39 Å². The van der Waals surface area contributed by atoms with E-state index in [0.29, 0.717) is 5.56 Å². The Morgan fingerprint density at radius 1 is 1.11 bits per heavy atom. The predicted octanol–water partition coefficient (Wildman–Crippen LogP) is 4.01. The second-order valence-corrected chi connectivity index (χ2v) is 5.40. The summed E-state index contributed by atoms with van der Waals surface area (Å²) in [5, 5.41) is 3.38. The number of nitrogens with one attached hydrogen (secondary N) is 1. The van der Waals surface area contributed by atoms with Gasteiger partial charge in [0, 0.05) is 11.1 Å². The third kappa shape index (κ3) is 2.17. The standard InChI is InChI=1S/C17H18FN/c1-12-6-7-15(16(18)10-12)13-4-3-5-14(11-13)17(19-2)8-9-17/h3-7,10-11,19H,8-9H2,1-2H3. The first kappa shape index (κ1) is 12.4. The number of hydrogen-bond acceptors (Lipinski definition) is 1. The minimum atomic E-state index is -0.147. The second kappa shape index (κ2) is 4.46. The van der Waals surface area contributed by atoms with Gasteiger partial charge in [-0.05, 0) is 55.6 Å². The zero-order valence-corrected chi connectivity index (χ0v) is 11.3. The van der Waals surface area contributed by atoms with Crippen LogP contribution < -0.4 is 5.32 Å². The fourth-order valence-electron chi connectivity index (χ4n) is 2.65. The zero-order valence-electron chi connectivity index (χ0n) is 11.3. The molecule has 0 heterocycles. The maximum atomic E-state index is 14.0. The first-order chi connectivity index (χ1) is 9.14. The summed E-state index contributed by atoms with van der Waals surface area (Å²) in [6.45, 7) is 1.91. The van der Waals surface area contributed by atoms with Crippen molar-refractivity contribution < 1.29 is 4.39 Å². The van der Waals surface area contributed by atoms with E-state index in [9.17, 15) is 4.39 Å². The highest BCUT2D eigenvalue weighted by molar-refractivity contribution is 5.66. The van der Waals surface area contributed by atoms with Gasteiger partial charge in [-0.15, -0.1) is 0 Å². The summed E-state index contributed by atoms with van der Waals surface area (Å²) in [7, 11) is 1.99. The number of aryl methyl sites for hydroxylation is 1. The summed E-state index contributed by atoms with van der Waals surface area (Å²) < 4.78 is 14.0. The zero-order chi connectivity index (χ0) is 13.5. The van der Waals surface area contributed by atoms with Crippen molar-refractivity contribution in [2.45, 2.75) is 25.3 Å². The van der Waals surface area contributed by atoms with E-state index in [-0.39, 0.29) is 11.4 Å². The lowest BCUT2D eigenvalue weighted by atomic mass is 9.97. The average Bonchev–Trinajstić information content (AvgIpc) is 3.20. The molecule has 1 nitrogen and oxygen atoms in total. The largest absolute Gasteiger partial charge is 0.310 e. The van der Waals surface area contributed by atoms with Crippen molar-refractivity contribution in [2.75, 3.05) is 7.05 Å². The third-order valence-electron chi connectivity index (χ3n) is 4.08. The highest BCUT2D eigenvalue weighted by Crippen LogP contribution is 2.45. The normalized spacial score (nSPS) is 16.4. The molecule has 0 atom stereocenters. The molecule has 1 saturated carbocycles. The van der Waals surface area contributed by atoms with Gasteiger partial charge in [0.25, 0.3) is 0 Å². The molecule has 98 valence electrons. The molecule has 3 rings (SSSR count). The topological polar surface area (TPSA) is 12.0 Å². The second-order valence-electron chi connectivity index (χ2n) is 5.40. The van der Waals surface area contributed by atoms with E-state index in [1.165, 1.54) is 5.56 Å². The van der Waals surface area contributed by atoms with Crippen molar-refractivity contribution in [3.05, 3.63) is 59.4 Å². The molecule has 1 fully saturated rings. The van der Waals surface area contributed by atoms with Gasteiger partial charge in [-0.1, -0.05) is 30.3 Å². The van der Waals surface area contributed by atoms with Crippen molar-refractivity contribution in [1.29, 1.82) is 0 Å². The lowest BCUT2D eigenvalue weighted by Crippen LogP contribution is -2.24. The van der Waals surface area contributed by atoms with Crippen LogP contribution in [0.15, 0.2) is 42.5 Å². The van der Waals surface area contributed by atoms with Crippen LogP contribution in [0.3, 0.4) is 0 Å². The van der Waals surface area contributed by atoms with Gasteiger partial charge in [0.1, 0.15) is 5.82 Å². The number of rotatable bonds is 3. The predicted molar refractivity (Wildman–Crippen MR) is 76.5 cm³/mol. The van der Waals surface area contributed by atoms with Gasteiger partial charge >= 0.3 is 0 Å². The molecule has 2 aromatic rings. The minimum absolute atomic E-state index is 0.122. The SMILES string of the molecule is CNC1(c2cccc(-c3ccc(C)cc3F)c2)CC1. The third-order valence-corrected chi connectivity index (χ3v) is 4.08. The van der Waals surface area contributed by atoms with Gasteiger partial charge in [0.15, 0.2) is 0 Å². The Morgan fingerprint density at radius 3 is 2.53 bits per heavy atom. The quantitative estimate of drug-likeness (QED) is 0.873. The van der Waals surface area contributed by atoms with Crippen molar-refractivity contribution in [3.8, 4) is 11.1 Å². The Labute approximate surface area is 113 Å². The average molecular weight is 255 g/mol. The lowest BCUT2D eigenvalue weighted by molar-refractivity contribution is 0.585. The maximum absolute atomic E-state index is 14.0.